The molecule has 0 aliphatic carbocycles. The Balaban J connectivity index is 1.61. The molecule has 0 unspecified atom stereocenters. The van der Waals surface area contributed by atoms with Crippen LogP contribution in [-0.4, -0.2) is 29.2 Å². The quantitative estimate of drug-likeness (QED) is 0.330. The zero-order valence-electron chi connectivity index (χ0n) is 15.0. The molecule has 2 aromatic carbocycles. The zero-order valence-corrected chi connectivity index (χ0v) is 15.8. The Kier molecular flexibility index (Phi) is 4.85. The summed E-state index contributed by atoms with van der Waals surface area (Å²) in [5.74, 6) is -0.482. The van der Waals surface area contributed by atoms with Gasteiger partial charge in [0.1, 0.15) is 0 Å². The summed E-state index contributed by atoms with van der Waals surface area (Å²) in [5.41, 5.74) is 1.48. The van der Waals surface area contributed by atoms with Gasteiger partial charge in [0.15, 0.2) is 5.70 Å². The van der Waals surface area contributed by atoms with Crippen LogP contribution in [0, 0.1) is 10.1 Å². The van der Waals surface area contributed by atoms with Gasteiger partial charge in [-0.3, -0.25) is 14.9 Å². The van der Waals surface area contributed by atoms with Crippen LogP contribution in [0.5, 0.6) is 0 Å². The van der Waals surface area contributed by atoms with Crippen LogP contribution in [0.1, 0.15) is 24.0 Å². The molecule has 29 heavy (non-hydrogen) atoms. The number of halogens is 1. The van der Waals surface area contributed by atoms with E-state index in [4.69, 9.17) is 16.3 Å². The number of anilines is 1. The van der Waals surface area contributed by atoms with Crippen molar-refractivity contribution in [3.05, 3.63) is 74.4 Å². The number of cyclic esters (lactones) is 1. The summed E-state index contributed by atoms with van der Waals surface area (Å²) in [6.45, 7) is 0.685. The Morgan fingerprint density at radius 3 is 2.59 bits per heavy atom. The summed E-state index contributed by atoms with van der Waals surface area (Å²) in [6.07, 6.45) is 2.72. The third-order valence-electron chi connectivity index (χ3n) is 4.60. The van der Waals surface area contributed by atoms with E-state index in [9.17, 15) is 19.7 Å². The van der Waals surface area contributed by atoms with Crippen LogP contribution in [0.4, 0.5) is 11.4 Å². The molecule has 4 rings (SSSR count). The number of esters is 1. The maximum atomic E-state index is 12.2. The van der Waals surface area contributed by atoms with Crippen LogP contribution in [0.25, 0.3) is 6.08 Å². The largest absolute Gasteiger partial charge is 0.402 e. The van der Waals surface area contributed by atoms with Crippen molar-refractivity contribution in [3.63, 3.8) is 0 Å². The van der Waals surface area contributed by atoms with E-state index in [0.717, 1.165) is 12.1 Å². The van der Waals surface area contributed by atoms with Crippen molar-refractivity contribution in [2.45, 2.75) is 12.8 Å². The molecule has 0 spiro atoms. The van der Waals surface area contributed by atoms with Gasteiger partial charge in [-0.25, -0.2) is 9.79 Å². The molecule has 9 heteroatoms. The normalized spacial score (nSPS) is 17.6. The number of nitrogens with zero attached hydrogens (tertiary/aromatic N) is 3. The van der Waals surface area contributed by atoms with Crippen LogP contribution in [0.3, 0.4) is 0 Å². The lowest BCUT2D eigenvalue weighted by atomic mass is 10.1. The molecular weight excluding hydrogens is 398 g/mol. The number of benzene rings is 2. The standard InChI is InChI=1S/C20H14ClN3O5/c21-16-8-7-15(24(27)28)10-13(16)11-17-20(26)29-19(22-17)12-3-5-14(6-4-12)23-9-1-2-18(23)25/h3-8,10-11H,1-2,9H2/b17-11-. The van der Waals surface area contributed by atoms with Gasteiger partial charge < -0.3 is 9.64 Å². The van der Waals surface area contributed by atoms with E-state index in [2.05, 4.69) is 4.99 Å². The van der Waals surface area contributed by atoms with E-state index in [-0.39, 0.29) is 28.2 Å². The van der Waals surface area contributed by atoms with Crippen molar-refractivity contribution in [1.82, 2.24) is 0 Å². The molecule has 146 valence electrons. The molecule has 2 aliphatic heterocycles. The molecule has 1 fully saturated rings. The Labute approximate surface area is 170 Å². The minimum absolute atomic E-state index is 0.0128. The number of nitro groups is 1. The highest BCUT2D eigenvalue weighted by molar-refractivity contribution is 6.32. The number of carbonyl (C=O) groups excluding carboxylic acids is 2. The molecule has 0 saturated carbocycles. The number of non-ortho nitro benzene ring substituents is 1. The van der Waals surface area contributed by atoms with Crippen LogP contribution >= 0.6 is 11.6 Å². The number of carbonyl (C=O) groups is 2. The van der Waals surface area contributed by atoms with Crippen molar-refractivity contribution in [3.8, 4) is 0 Å². The Morgan fingerprint density at radius 2 is 1.93 bits per heavy atom. The molecule has 0 atom stereocenters. The van der Waals surface area contributed by atoms with E-state index in [1.807, 2.05) is 0 Å². The van der Waals surface area contributed by atoms with Gasteiger partial charge >= 0.3 is 5.97 Å². The average molecular weight is 412 g/mol. The van der Waals surface area contributed by atoms with Gasteiger partial charge in [-0.15, -0.1) is 0 Å². The fraction of sp³-hybridized carbons (Fsp3) is 0.150. The Bertz CT molecular complexity index is 1090. The molecule has 0 N–H and O–H groups in total. The fourth-order valence-corrected chi connectivity index (χ4v) is 3.31. The highest BCUT2D eigenvalue weighted by Gasteiger charge is 2.26. The third-order valence-corrected chi connectivity index (χ3v) is 4.95. The van der Waals surface area contributed by atoms with Crippen molar-refractivity contribution in [2.75, 3.05) is 11.4 Å². The first-order chi connectivity index (χ1) is 13.9. The predicted octanol–water partition coefficient (Wildman–Crippen LogP) is 3.72. The maximum Gasteiger partial charge on any atom is 0.363 e. The number of nitro benzene ring substituents is 1. The van der Waals surface area contributed by atoms with E-state index in [0.29, 0.717) is 24.1 Å². The molecule has 1 saturated heterocycles. The van der Waals surface area contributed by atoms with Crippen molar-refractivity contribution in [1.29, 1.82) is 0 Å². The highest BCUT2D eigenvalue weighted by Crippen LogP contribution is 2.27. The van der Waals surface area contributed by atoms with E-state index in [1.54, 1.807) is 29.2 Å². The fourth-order valence-electron chi connectivity index (χ4n) is 3.14. The number of ether oxygens (including phenoxy) is 1. The van der Waals surface area contributed by atoms with Gasteiger partial charge in [-0.2, -0.15) is 0 Å². The van der Waals surface area contributed by atoms with Crippen LogP contribution in [-0.2, 0) is 14.3 Å². The van der Waals surface area contributed by atoms with Gasteiger partial charge in [0.05, 0.1) is 4.92 Å². The van der Waals surface area contributed by atoms with Crippen LogP contribution < -0.4 is 4.90 Å². The van der Waals surface area contributed by atoms with Gasteiger partial charge in [-0.1, -0.05) is 11.6 Å². The lowest BCUT2D eigenvalue weighted by Gasteiger charge is -2.15. The second-order valence-electron chi connectivity index (χ2n) is 6.49. The van der Waals surface area contributed by atoms with E-state index >= 15 is 0 Å². The number of hydrogen-bond acceptors (Lipinski definition) is 6. The lowest BCUT2D eigenvalue weighted by Crippen LogP contribution is -2.23. The Hall–Kier alpha value is -3.52. The second-order valence-corrected chi connectivity index (χ2v) is 6.90. The van der Waals surface area contributed by atoms with Crippen molar-refractivity contribution in [2.24, 2.45) is 4.99 Å². The molecule has 0 aromatic heterocycles. The minimum atomic E-state index is -0.679. The Morgan fingerprint density at radius 1 is 1.17 bits per heavy atom. The number of aliphatic imine (C=N–C) groups is 1. The van der Waals surface area contributed by atoms with Gasteiger partial charge in [-0.05, 0) is 42.8 Å². The zero-order chi connectivity index (χ0) is 20.5. The molecule has 2 aromatic rings. The third kappa shape index (κ3) is 3.74. The molecular formula is C20H14ClN3O5. The average Bonchev–Trinajstić information content (AvgIpc) is 3.29. The topological polar surface area (TPSA) is 102 Å². The summed E-state index contributed by atoms with van der Waals surface area (Å²) in [7, 11) is 0. The molecule has 8 nitrogen and oxygen atoms in total. The molecule has 0 radical (unpaired) electrons. The molecule has 0 bridgehead atoms. The molecule has 2 heterocycles. The van der Waals surface area contributed by atoms with E-state index in [1.165, 1.54) is 24.3 Å². The summed E-state index contributed by atoms with van der Waals surface area (Å²) in [4.78, 5) is 40.3. The SMILES string of the molecule is O=C1OC(c2ccc(N3CCCC3=O)cc2)=N/C1=C\c1cc([N+](=O)[O-])ccc1Cl. The highest BCUT2D eigenvalue weighted by atomic mass is 35.5. The molecule has 1 amide bonds. The predicted molar refractivity (Wildman–Crippen MR) is 107 cm³/mol. The van der Waals surface area contributed by atoms with Crippen molar-refractivity contribution < 1.29 is 19.2 Å². The lowest BCUT2D eigenvalue weighted by molar-refractivity contribution is -0.384. The van der Waals surface area contributed by atoms with Gasteiger partial charge in [0, 0.05) is 46.9 Å². The molecule has 2 aliphatic rings. The summed E-state index contributed by atoms with van der Waals surface area (Å²) >= 11 is 6.07. The van der Waals surface area contributed by atoms with Gasteiger partial charge in [0.25, 0.3) is 5.69 Å². The minimum Gasteiger partial charge on any atom is -0.402 e. The first-order valence-electron chi connectivity index (χ1n) is 8.80. The summed E-state index contributed by atoms with van der Waals surface area (Å²) < 4.78 is 5.22. The first kappa shape index (κ1) is 18.8. The smallest absolute Gasteiger partial charge is 0.363 e. The van der Waals surface area contributed by atoms with Crippen LogP contribution in [0.15, 0.2) is 53.2 Å². The number of hydrogen-bond donors (Lipinski definition) is 0. The summed E-state index contributed by atoms with van der Waals surface area (Å²) in [5, 5.41) is 11.2. The monoisotopic (exact) mass is 411 g/mol. The first-order valence-corrected chi connectivity index (χ1v) is 9.17. The van der Waals surface area contributed by atoms with Gasteiger partial charge in [0.2, 0.25) is 11.8 Å². The number of rotatable bonds is 4. The van der Waals surface area contributed by atoms with Crippen LogP contribution in [0.2, 0.25) is 5.02 Å². The summed E-state index contributed by atoms with van der Waals surface area (Å²) in [6, 6.07) is 10.9. The van der Waals surface area contributed by atoms with E-state index < -0.39 is 10.9 Å². The maximum absolute atomic E-state index is 12.2. The number of amides is 1. The van der Waals surface area contributed by atoms with Crippen molar-refractivity contribution >= 4 is 46.8 Å². The second kappa shape index (κ2) is 7.48.